The lowest BCUT2D eigenvalue weighted by atomic mass is 9.95. The number of fused-ring (bicyclic) bond motifs is 1. The van der Waals surface area contributed by atoms with Crippen molar-refractivity contribution in [2.45, 2.75) is 38.7 Å². The summed E-state index contributed by atoms with van der Waals surface area (Å²) >= 11 is 1.73. The number of aliphatic hydroxyl groups is 1. The van der Waals surface area contributed by atoms with E-state index < -0.39 is 6.10 Å². The Kier molecular flexibility index (Phi) is 3.96. The maximum atomic E-state index is 9.88. The largest absolute Gasteiger partial charge is 0.396 e. The van der Waals surface area contributed by atoms with Gasteiger partial charge in [-0.2, -0.15) is 0 Å². The molecule has 1 aliphatic rings. The van der Waals surface area contributed by atoms with Crippen LogP contribution < -0.4 is 0 Å². The molecule has 1 aliphatic carbocycles. The maximum Gasteiger partial charge on any atom is 0.117 e. The third-order valence-corrected chi connectivity index (χ3v) is 3.71. The summed E-state index contributed by atoms with van der Waals surface area (Å²) in [6, 6.07) is 2.02. The predicted octanol–water partition coefficient (Wildman–Crippen LogP) is 2.58. The molecule has 88 valence electrons. The third-order valence-electron chi connectivity index (χ3n) is 2.73. The molecule has 0 amide bonds. The number of hydrogen-bond donors (Lipinski definition) is 1. The summed E-state index contributed by atoms with van der Waals surface area (Å²) in [5.74, 6) is 0. The highest BCUT2D eigenvalue weighted by molar-refractivity contribution is 7.10. The summed E-state index contributed by atoms with van der Waals surface area (Å²) in [5, 5.41) is 16.0. The van der Waals surface area contributed by atoms with Gasteiger partial charge in [0.25, 0.3) is 0 Å². The number of oxime groups is 1. The van der Waals surface area contributed by atoms with Gasteiger partial charge < -0.3 is 9.94 Å². The molecule has 0 unspecified atom stereocenters. The maximum absolute atomic E-state index is 9.88. The van der Waals surface area contributed by atoms with Gasteiger partial charge in [-0.3, -0.25) is 0 Å². The van der Waals surface area contributed by atoms with Gasteiger partial charge >= 0.3 is 0 Å². The van der Waals surface area contributed by atoms with Crippen LogP contribution in [0, 0.1) is 0 Å². The smallest absolute Gasteiger partial charge is 0.117 e. The first kappa shape index (κ1) is 11.6. The Balaban J connectivity index is 2.08. The SMILES string of the molecule is CCCCO/N=C1/c2ccsc2CC[C@H]1O. The van der Waals surface area contributed by atoms with Crippen LogP contribution in [-0.4, -0.2) is 23.5 Å². The van der Waals surface area contributed by atoms with Crippen LogP contribution in [0.1, 0.15) is 36.6 Å². The lowest BCUT2D eigenvalue weighted by Gasteiger charge is -2.19. The van der Waals surface area contributed by atoms with Crippen LogP contribution in [0.25, 0.3) is 0 Å². The van der Waals surface area contributed by atoms with Crippen LogP contribution in [0.4, 0.5) is 0 Å². The molecule has 3 nitrogen and oxygen atoms in total. The van der Waals surface area contributed by atoms with Crippen LogP contribution in [0.5, 0.6) is 0 Å². The van der Waals surface area contributed by atoms with Gasteiger partial charge in [-0.05, 0) is 30.7 Å². The summed E-state index contributed by atoms with van der Waals surface area (Å²) in [6.07, 6.45) is 3.33. The minimum absolute atomic E-state index is 0.469. The zero-order valence-electron chi connectivity index (χ0n) is 9.48. The van der Waals surface area contributed by atoms with Crippen molar-refractivity contribution in [2.75, 3.05) is 6.61 Å². The minimum atomic E-state index is -0.469. The van der Waals surface area contributed by atoms with Crippen LogP contribution in [0.3, 0.4) is 0 Å². The molecule has 1 aromatic rings. The highest BCUT2D eigenvalue weighted by atomic mass is 32.1. The molecule has 16 heavy (non-hydrogen) atoms. The fraction of sp³-hybridized carbons (Fsp3) is 0.583. The second-order valence-corrected chi connectivity index (χ2v) is 4.98. The van der Waals surface area contributed by atoms with Crippen LogP contribution in [-0.2, 0) is 11.3 Å². The molecule has 0 spiro atoms. The first-order chi connectivity index (χ1) is 7.83. The molecular weight excluding hydrogens is 222 g/mol. The second-order valence-electron chi connectivity index (χ2n) is 3.98. The Labute approximate surface area is 99.7 Å². The quantitative estimate of drug-likeness (QED) is 0.648. The number of aryl methyl sites for hydroxylation is 1. The highest BCUT2D eigenvalue weighted by Gasteiger charge is 2.25. The minimum Gasteiger partial charge on any atom is -0.396 e. The van der Waals surface area contributed by atoms with Crippen LogP contribution in [0.15, 0.2) is 16.6 Å². The zero-order chi connectivity index (χ0) is 11.4. The van der Waals surface area contributed by atoms with Crippen molar-refractivity contribution in [3.8, 4) is 0 Å². The van der Waals surface area contributed by atoms with E-state index in [1.54, 1.807) is 11.3 Å². The molecule has 0 fully saturated rings. The molecule has 4 heteroatoms. The Morgan fingerprint density at radius 2 is 2.50 bits per heavy atom. The highest BCUT2D eigenvalue weighted by Crippen LogP contribution is 2.26. The van der Waals surface area contributed by atoms with Crippen molar-refractivity contribution in [3.05, 3.63) is 21.9 Å². The van der Waals surface area contributed by atoms with E-state index in [4.69, 9.17) is 4.84 Å². The molecule has 1 heterocycles. The summed E-state index contributed by atoms with van der Waals surface area (Å²) in [4.78, 5) is 6.55. The summed E-state index contributed by atoms with van der Waals surface area (Å²) in [5.41, 5.74) is 1.78. The normalized spacial score (nSPS) is 22.1. The van der Waals surface area contributed by atoms with E-state index in [9.17, 15) is 5.11 Å². The molecule has 0 bridgehead atoms. The van der Waals surface area contributed by atoms with Crippen molar-refractivity contribution < 1.29 is 9.94 Å². The average Bonchev–Trinajstić information content (AvgIpc) is 2.75. The van der Waals surface area contributed by atoms with E-state index in [-0.39, 0.29) is 0 Å². The molecule has 2 rings (SSSR count). The molecule has 0 aliphatic heterocycles. The predicted molar refractivity (Wildman–Crippen MR) is 66.0 cm³/mol. The van der Waals surface area contributed by atoms with E-state index >= 15 is 0 Å². The Morgan fingerprint density at radius 3 is 3.31 bits per heavy atom. The Bertz CT molecular complexity index is 373. The molecule has 0 saturated carbocycles. The van der Waals surface area contributed by atoms with E-state index in [2.05, 4.69) is 12.1 Å². The number of hydrogen-bond acceptors (Lipinski definition) is 4. The molecule has 1 aromatic heterocycles. The van der Waals surface area contributed by atoms with Gasteiger partial charge in [0.05, 0.1) is 0 Å². The number of rotatable bonds is 4. The van der Waals surface area contributed by atoms with E-state index in [0.717, 1.165) is 31.2 Å². The van der Waals surface area contributed by atoms with E-state index in [1.165, 1.54) is 4.88 Å². The van der Waals surface area contributed by atoms with Crippen molar-refractivity contribution in [1.29, 1.82) is 0 Å². The van der Waals surface area contributed by atoms with Crippen molar-refractivity contribution >= 4 is 17.0 Å². The van der Waals surface area contributed by atoms with Crippen molar-refractivity contribution in [2.24, 2.45) is 5.16 Å². The molecule has 0 saturated heterocycles. The average molecular weight is 239 g/mol. The molecule has 0 aromatic carbocycles. The topological polar surface area (TPSA) is 41.8 Å². The summed E-state index contributed by atoms with van der Waals surface area (Å²) in [7, 11) is 0. The first-order valence-corrected chi connectivity index (χ1v) is 6.65. The Morgan fingerprint density at radius 1 is 1.62 bits per heavy atom. The van der Waals surface area contributed by atoms with Gasteiger partial charge in [-0.25, -0.2) is 0 Å². The van der Waals surface area contributed by atoms with E-state index in [0.29, 0.717) is 12.3 Å². The molecule has 1 atom stereocenters. The summed E-state index contributed by atoms with van der Waals surface area (Å²) < 4.78 is 0. The number of nitrogens with zero attached hydrogens (tertiary/aromatic N) is 1. The first-order valence-electron chi connectivity index (χ1n) is 5.77. The number of unbranched alkanes of at least 4 members (excludes halogenated alkanes) is 1. The lowest BCUT2D eigenvalue weighted by Crippen LogP contribution is -2.27. The monoisotopic (exact) mass is 239 g/mol. The number of thiophene rings is 1. The fourth-order valence-corrected chi connectivity index (χ4v) is 2.68. The third kappa shape index (κ3) is 2.44. The lowest BCUT2D eigenvalue weighted by molar-refractivity contribution is 0.133. The van der Waals surface area contributed by atoms with Gasteiger partial charge in [0, 0.05) is 10.4 Å². The van der Waals surface area contributed by atoms with Crippen molar-refractivity contribution in [3.63, 3.8) is 0 Å². The number of aliphatic hydroxyl groups excluding tert-OH is 1. The van der Waals surface area contributed by atoms with Gasteiger partial charge in [0.1, 0.15) is 18.4 Å². The summed E-state index contributed by atoms with van der Waals surface area (Å²) in [6.45, 7) is 2.75. The van der Waals surface area contributed by atoms with Crippen molar-refractivity contribution in [1.82, 2.24) is 0 Å². The van der Waals surface area contributed by atoms with Gasteiger partial charge in [0.2, 0.25) is 0 Å². The van der Waals surface area contributed by atoms with Crippen LogP contribution in [0.2, 0.25) is 0 Å². The van der Waals surface area contributed by atoms with Gasteiger partial charge in [0.15, 0.2) is 0 Å². The Hall–Kier alpha value is -0.870. The molecular formula is C12H17NO2S. The van der Waals surface area contributed by atoms with E-state index in [1.807, 2.05) is 11.4 Å². The zero-order valence-corrected chi connectivity index (χ0v) is 10.3. The molecule has 0 radical (unpaired) electrons. The van der Waals surface area contributed by atoms with Gasteiger partial charge in [-0.15, -0.1) is 11.3 Å². The fourth-order valence-electron chi connectivity index (χ4n) is 1.78. The van der Waals surface area contributed by atoms with Gasteiger partial charge in [-0.1, -0.05) is 18.5 Å². The second kappa shape index (κ2) is 5.46. The standard InChI is InChI=1S/C12H17NO2S/c1-2-3-7-15-13-12-9-6-8-16-11(9)5-4-10(12)14/h6,8,10,14H,2-5,7H2,1H3/b13-12-/t10-/m1/s1. The molecule has 1 N–H and O–H groups in total. The van der Waals surface area contributed by atoms with Crippen LogP contribution >= 0.6 is 11.3 Å².